The first-order valence-corrected chi connectivity index (χ1v) is 6.26. The highest BCUT2D eigenvalue weighted by atomic mass is 19.1. The van der Waals surface area contributed by atoms with Crippen LogP contribution in [-0.4, -0.2) is 29.4 Å². The Bertz CT molecular complexity index is 651. The lowest BCUT2D eigenvalue weighted by Crippen LogP contribution is -2.28. The Hall–Kier alpha value is -2.24. The van der Waals surface area contributed by atoms with E-state index in [1.54, 1.807) is 10.6 Å². The van der Waals surface area contributed by atoms with Gasteiger partial charge in [0, 0.05) is 23.7 Å². The second kappa shape index (κ2) is 5.40. The number of carbonyl (C=O) groups is 1. The maximum atomic E-state index is 14.1. The summed E-state index contributed by atoms with van der Waals surface area (Å²) in [6.45, 7) is 3.90. The molecule has 1 aromatic carbocycles. The van der Waals surface area contributed by atoms with Crippen molar-refractivity contribution >= 4 is 17.0 Å². The van der Waals surface area contributed by atoms with Crippen molar-refractivity contribution in [2.24, 2.45) is 0 Å². The summed E-state index contributed by atoms with van der Waals surface area (Å²) >= 11 is 0. The highest BCUT2D eigenvalue weighted by molar-refractivity contribution is 5.88. The molecule has 2 N–H and O–H groups in total. The molecule has 0 fully saturated rings. The van der Waals surface area contributed by atoms with Gasteiger partial charge in [-0.05, 0) is 32.0 Å². The standard InChI is InChI=1S/C14H17FN2O3/c1-8-6-10-12(20-3)5-4-11(15)13(10)17(8)9(2)7-16-14(18)19/h4-6,9,16H,7H2,1-3H3,(H,18,19). The summed E-state index contributed by atoms with van der Waals surface area (Å²) in [7, 11) is 1.54. The zero-order valence-corrected chi connectivity index (χ0v) is 11.6. The number of nitrogens with one attached hydrogen (secondary N) is 1. The van der Waals surface area contributed by atoms with Crippen molar-refractivity contribution in [1.29, 1.82) is 0 Å². The monoisotopic (exact) mass is 280 g/mol. The molecule has 1 heterocycles. The van der Waals surface area contributed by atoms with Crippen molar-refractivity contribution in [2.45, 2.75) is 19.9 Å². The first kappa shape index (κ1) is 14.2. The Morgan fingerprint density at radius 2 is 2.25 bits per heavy atom. The minimum atomic E-state index is -1.09. The highest BCUT2D eigenvalue weighted by Gasteiger charge is 2.18. The van der Waals surface area contributed by atoms with Crippen molar-refractivity contribution in [3.05, 3.63) is 29.7 Å². The molecule has 1 atom stereocenters. The summed E-state index contributed by atoms with van der Waals surface area (Å²) in [5.74, 6) is 0.248. The number of rotatable bonds is 4. The first-order chi connectivity index (χ1) is 9.45. The molecule has 0 bridgehead atoms. The molecule has 1 amide bonds. The summed E-state index contributed by atoms with van der Waals surface area (Å²) < 4.78 is 21.1. The molecule has 0 saturated heterocycles. The van der Waals surface area contributed by atoms with E-state index >= 15 is 0 Å². The molecule has 1 aromatic heterocycles. The van der Waals surface area contributed by atoms with Crippen LogP contribution in [0.4, 0.5) is 9.18 Å². The molecule has 5 nitrogen and oxygen atoms in total. The molecule has 20 heavy (non-hydrogen) atoms. The summed E-state index contributed by atoms with van der Waals surface area (Å²) in [5, 5.41) is 11.7. The van der Waals surface area contributed by atoms with E-state index in [9.17, 15) is 9.18 Å². The smallest absolute Gasteiger partial charge is 0.404 e. The lowest BCUT2D eigenvalue weighted by atomic mass is 10.2. The quantitative estimate of drug-likeness (QED) is 0.905. The number of aromatic nitrogens is 1. The number of fused-ring (bicyclic) bond motifs is 1. The molecule has 108 valence electrons. The van der Waals surface area contributed by atoms with Gasteiger partial charge in [0.2, 0.25) is 0 Å². The van der Waals surface area contributed by atoms with Gasteiger partial charge in [-0.25, -0.2) is 9.18 Å². The van der Waals surface area contributed by atoms with E-state index in [1.807, 2.05) is 19.9 Å². The van der Waals surface area contributed by atoms with Gasteiger partial charge in [0.25, 0.3) is 0 Å². The number of benzene rings is 1. The molecule has 0 radical (unpaired) electrons. The normalized spacial score (nSPS) is 12.4. The SMILES string of the molecule is COc1ccc(F)c2c1cc(C)n2C(C)CNC(=O)O. The summed E-state index contributed by atoms with van der Waals surface area (Å²) in [5.41, 5.74) is 1.28. The van der Waals surface area contributed by atoms with Crippen molar-refractivity contribution in [2.75, 3.05) is 13.7 Å². The number of nitrogens with zero attached hydrogens (tertiary/aromatic N) is 1. The number of halogens is 1. The Morgan fingerprint density at radius 3 is 2.85 bits per heavy atom. The highest BCUT2D eigenvalue weighted by Crippen LogP contribution is 2.32. The fourth-order valence-corrected chi connectivity index (χ4v) is 2.47. The summed E-state index contributed by atoms with van der Waals surface area (Å²) in [4.78, 5) is 10.6. The van der Waals surface area contributed by atoms with Crippen LogP contribution in [0.2, 0.25) is 0 Å². The molecule has 0 aliphatic rings. The maximum absolute atomic E-state index is 14.1. The average Bonchev–Trinajstić information content (AvgIpc) is 2.74. The molecule has 2 rings (SSSR count). The van der Waals surface area contributed by atoms with Crippen LogP contribution in [0.25, 0.3) is 10.9 Å². The zero-order valence-electron chi connectivity index (χ0n) is 11.6. The van der Waals surface area contributed by atoms with E-state index in [-0.39, 0.29) is 18.4 Å². The average molecular weight is 280 g/mol. The van der Waals surface area contributed by atoms with Gasteiger partial charge in [-0.3, -0.25) is 0 Å². The number of hydrogen-bond donors (Lipinski definition) is 2. The Labute approximate surface area is 116 Å². The Kier molecular flexibility index (Phi) is 3.83. The molecule has 0 spiro atoms. The van der Waals surface area contributed by atoms with Crippen molar-refractivity contribution in [3.63, 3.8) is 0 Å². The van der Waals surface area contributed by atoms with Crippen LogP contribution in [-0.2, 0) is 0 Å². The van der Waals surface area contributed by atoms with Crippen LogP contribution in [0, 0.1) is 12.7 Å². The van der Waals surface area contributed by atoms with Crippen LogP contribution < -0.4 is 10.1 Å². The van der Waals surface area contributed by atoms with Crippen LogP contribution in [0.15, 0.2) is 18.2 Å². The Morgan fingerprint density at radius 1 is 1.55 bits per heavy atom. The minimum absolute atomic E-state index is 0.204. The lowest BCUT2D eigenvalue weighted by molar-refractivity contribution is 0.193. The second-order valence-electron chi connectivity index (χ2n) is 4.70. The third-order valence-corrected chi connectivity index (χ3v) is 3.31. The maximum Gasteiger partial charge on any atom is 0.404 e. The van der Waals surface area contributed by atoms with Gasteiger partial charge in [-0.1, -0.05) is 0 Å². The fourth-order valence-electron chi connectivity index (χ4n) is 2.47. The van der Waals surface area contributed by atoms with Crippen LogP contribution >= 0.6 is 0 Å². The van der Waals surface area contributed by atoms with Crippen molar-refractivity contribution in [3.8, 4) is 5.75 Å². The van der Waals surface area contributed by atoms with Gasteiger partial charge < -0.3 is 19.7 Å². The van der Waals surface area contributed by atoms with E-state index in [1.165, 1.54) is 13.2 Å². The predicted molar refractivity (Wildman–Crippen MR) is 73.9 cm³/mol. The van der Waals surface area contributed by atoms with Gasteiger partial charge in [0.05, 0.1) is 12.6 Å². The van der Waals surface area contributed by atoms with Crippen molar-refractivity contribution < 1.29 is 19.0 Å². The predicted octanol–water partition coefficient (Wildman–Crippen LogP) is 2.93. The Balaban J connectivity index is 2.52. The molecule has 0 saturated carbocycles. The number of hydrogen-bond acceptors (Lipinski definition) is 2. The number of carboxylic acid groups (broad SMARTS) is 1. The van der Waals surface area contributed by atoms with E-state index in [0.29, 0.717) is 16.7 Å². The number of ether oxygens (including phenoxy) is 1. The molecule has 0 aliphatic heterocycles. The van der Waals surface area contributed by atoms with E-state index in [0.717, 1.165) is 5.69 Å². The van der Waals surface area contributed by atoms with Crippen LogP contribution in [0.5, 0.6) is 5.75 Å². The van der Waals surface area contributed by atoms with E-state index in [4.69, 9.17) is 9.84 Å². The third-order valence-electron chi connectivity index (χ3n) is 3.31. The third kappa shape index (κ3) is 2.41. The molecular formula is C14H17FN2O3. The van der Waals surface area contributed by atoms with Crippen molar-refractivity contribution in [1.82, 2.24) is 9.88 Å². The van der Waals surface area contributed by atoms with Gasteiger partial charge in [-0.15, -0.1) is 0 Å². The van der Waals surface area contributed by atoms with Crippen LogP contribution in [0.3, 0.4) is 0 Å². The summed E-state index contributed by atoms with van der Waals surface area (Å²) in [6.07, 6.45) is -1.09. The fraction of sp³-hybridized carbons (Fsp3) is 0.357. The number of aryl methyl sites for hydroxylation is 1. The van der Waals surface area contributed by atoms with Gasteiger partial charge in [0.1, 0.15) is 11.6 Å². The molecule has 6 heteroatoms. The van der Waals surface area contributed by atoms with Crippen LogP contribution in [0.1, 0.15) is 18.7 Å². The first-order valence-electron chi connectivity index (χ1n) is 6.26. The summed E-state index contributed by atoms with van der Waals surface area (Å²) in [6, 6.07) is 4.58. The second-order valence-corrected chi connectivity index (χ2v) is 4.70. The zero-order chi connectivity index (χ0) is 14.9. The topological polar surface area (TPSA) is 63.5 Å². The van der Waals surface area contributed by atoms with E-state index in [2.05, 4.69) is 5.32 Å². The molecular weight excluding hydrogens is 263 g/mol. The van der Waals surface area contributed by atoms with E-state index < -0.39 is 6.09 Å². The van der Waals surface area contributed by atoms with Gasteiger partial charge in [-0.2, -0.15) is 0 Å². The molecule has 1 unspecified atom stereocenters. The minimum Gasteiger partial charge on any atom is -0.496 e. The number of amides is 1. The van der Waals surface area contributed by atoms with Gasteiger partial charge >= 0.3 is 6.09 Å². The lowest BCUT2D eigenvalue weighted by Gasteiger charge is -2.18. The van der Waals surface area contributed by atoms with Gasteiger partial charge in [0.15, 0.2) is 0 Å². The molecule has 0 aliphatic carbocycles. The number of methoxy groups -OCH3 is 1. The molecule has 2 aromatic rings. The largest absolute Gasteiger partial charge is 0.496 e.